The van der Waals surface area contributed by atoms with Gasteiger partial charge in [-0.25, -0.2) is 9.78 Å². The van der Waals surface area contributed by atoms with Gasteiger partial charge < -0.3 is 20.3 Å². The van der Waals surface area contributed by atoms with Crippen LogP contribution in [0.5, 0.6) is 0 Å². The number of benzene rings is 2. The molecular weight excluding hydrogens is 452 g/mol. The average Bonchev–Trinajstić information content (AvgIpc) is 2.84. The van der Waals surface area contributed by atoms with Gasteiger partial charge in [-0.1, -0.05) is 54.4 Å². The first-order valence-corrected chi connectivity index (χ1v) is 11.8. The predicted octanol–water partition coefficient (Wildman–Crippen LogP) is 4.76. The number of amides is 2. The fourth-order valence-electron chi connectivity index (χ4n) is 4.12. The maximum absolute atomic E-state index is 13.3. The molecule has 2 amide bonds. The number of pyridine rings is 1. The Hall–Kier alpha value is -3.16. The molecule has 0 bridgehead atoms. The van der Waals surface area contributed by atoms with Crippen molar-refractivity contribution in [2.75, 3.05) is 26.2 Å². The molecule has 2 aromatic carbocycles. The number of ether oxygens (including phenoxy) is 1. The Morgan fingerprint density at radius 3 is 2.56 bits per heavy atom. The van der Waals surface area contributed by atoms with Crippen LogP contribution in [0, 0.1) is 13.8 Å². The van der Waals surface area contributed by atoms with Crippen molar-refractivity contribution in [2.24, 2.45) is 5.73 Å². The number of nitrogens with two attached hydrogens (primary N) is 1. The molecule has 0 unspecified atom stereocenters. The van der Waals surface area contributed by atoms with Crippen molar-refractivity contribution >= 4 is 34.5 Å². The number of fused-ring (bicyclic) bond motifs is 1. The summed E-state index contributed by atoms with van der Waals surface area (Å²) in [4.78, 5) is 33.4. The lowest BCUT2D eigenvalue weighted by Gasteiger charge is -2.39. The summed E-state index contributed by atoms with van der Waals surface area (Å²) in [6.45, 7) is 7.21. The number of carbonyl (C=O) groups excluding carboxylic acids is 2. The lowest BCUT2D eigenvalue weighted by Crippen LogP contribution is -2.60. The van der Waals surface area contributed by atoms with Crippen molar-refractivity contribution in [3.63, 3.8) is 0 Å². The third kappa shape index (κ3) is 4.72. The minimum Gasteiger partial charge on any atom is -0.449 e. The molecule has 0 saturated carbocycles. The fourth-order valence-corrected chi connectivity index (χ4v) is 4.37. The van der Waals surface area contributed by atoms with Crippen molar-refractivity contribution in [3.05, 3.63) is 64.2 Å². The third-order valence-corrected chi connectivity index (χ3v) is 6.58. The van der Waals surface area contributed by atoms with Gasteiger partial charge in [0.25, 0.3) is 5.91 Å². The summed E-state index contributed by atoms with van der Waals surface area (Å²) in [5.74, 6) is -0.202. The van der Waals surface area contributed by atoms with Crippen LogP contribution in [0.2, 0.25) is 5.02 Å². The molecule has 1 aromatic heterocycles. The molecule has 1 aliphatic heterocycles. The summed E-state index contributed by atoms with van der Waals surface area (Å²) < 4.78 is 5.19. The largest absolute Gasteiger partial charge is 0.449 e. The van der Waals surface area contributed by atoms with Crippen LogP contribution in [-0.4, -0.2) is 59.2 Å². The second-order valence-corrected chi connectivity index (χ2v) is 9.00. The lowest BCUT2D eigenvalue weighted by atomic mass is 10.0. The number of hydrogen-bond donors (Lipinski definition) is 1. The van der Waals surface area contributed by atoms with Gasteiger partial charge in [0, 0.05) is 29.6 Å². The first-order valence-electron chi connectivity index (χ1n) is 11.4. The Kier molecular flexibility index (Phi) is 7.05. The van der Waals surface area contributed by atoms with Crippen molar-refractivity contribution in [1.29, 1.82) is 0 Å². The smallest absolute Gasteiger partial charge is 0.409 e. The highest BCUT2D eigenvalue weighted by Gasteiger charge is 2.31. The third-order valence-electron chi connectivity index (χ3n) is 6.09. The second-order valence-electron chi connectivity index (χ2n) is 8.62. The molecule has 4 rings (SSSR count). The fraction of sp³-hybridized carbons (Fsp3) is 0.346. The number of hydrogen-bond acceptors (Lipinski definition) is 5. The van der Waals surface area contributed by atoms with Crippen LogP contribution in [0.4, 0.5) is 4.79 Å². The van der Waals surface area contributed by atoms with Gasteiger partial charge in [-0.3, -0.25) is 4.79 Å². The van der Waals surface area contributed by atoms with Crippen LogP contribution in [0.15, 0.2) is 42.5 Å². The van der Waals surface area contributed by atoms with Crippen LogP contribution in [0.1, 0.15) is 34.8 Å². The molecule has 0 radical (unpaired) electrons. The molecule has 0 aliphatic carbocycles. The molecule has 2 N–H and O–H groups in total. The zero-order valence-corrected chi connectivity index (χ0v) is 20.4. The molecule has 7 nitrogen and oxygen atoms in total. The van der Waals surface area contributed by atoms with Crippen molar-refractivity contribution in [2.45, 2.75) is 33.4 Å². The minimum absolute atomic E-state index is 0.202. The Bertz CT molecular complexity index is 1230. The van der Waals surface area contributed by atoms with Gasteiger partial charge in [0.05, 0.1) is 35.6 Å². The summed E-state index contributed by atoms with van der Waals surface area (Å²) in [5.41, 5.74) is 11.2. The summed E-state index contributed by atoms with van der Waals surface area (Å²) in [6.07, 6.45) is -0.265. The molecule has 0 spiro atoms. The topological polar surface area (TPSA) is 88.8 Å². The first kappa shape index (κ1) is 24.0. The quantitative estimate of drug-likeness (QED) is 0.581. The van der Waals surface area contributed by atoms with Crippen LogP contribution in [0.25, 0.3) is 22.2 Å². The standard InChI is InChI=1S/C26H29ClN4O3/c1-4-13-34-26(33)30-11-12-31(22(28)15-30)25(32)19-9-10-20-21(14-19)29-24(17(3)23(20)27)18-7-5-16(2)6-8-18/h5-10,14,22H,4,11-13,15,28H2,1-3H3/t22-/m0/s1. The number of rotatable bonds is 4. The van der Waals surface area contributed by atoms with Gasteiger partial charge in [0.2, 0.25) is 0 Å². The minimum atomic E-state index is -0.621. The summed E-state index contributed by atoms with van der Waals surface area (Å²) in [5, 5.41) is 1.41. The average molecular weight is 481 g/mol. The van der Waals surface area contributed by atoms with Crippen LogP contribution in [-0.2, 0) is 4.74 Å². The number of piperazine rings is 1. The molecule has 8 heteroatoms. The van der Waals surface area contributed by atoms with E-state index in [0.717, 1.165) is 34.2 Å². The van der Waals surface area contributed by atoms with Crippen molar-refractivity contribution in [3.8, 4) is 11.3 Å². The summed E-state index contributed by atoms with van der Waals surface area (Å²) >= 11 is 6.69. The van der Waals surface area contributed by atoms with Gasteiger partial charge in [-0.15, -0.1) is 0 Å². The van der Waals surface area contributed by atoms with Crippen LogP contribution in [0.3, 0.4) is 0 Å². The predicted molar refractivity (Wildman–Crippen MR) is 134 cm³/mol. The Morgan fingerprint density at radius 2 is 1.88 bits per heavy atom. The molecule has 34 heavy (non-hydrogen) atoms. The highest BCUT2D eigenvalue weighted by atomic mass is 35.5. The van der Waals surface area contributed by atoms with Gasteiger partial charge in [-0.05, 0) is 38.0 Å². The highest BCUT2D eigenvalue weighted by Crippen LogP contribution is 2.33. The summed E-state index contributed by atoms with van der Waals surface area (Å²) in [6, 6.07) is 13.4. The van der Waals surface area contributed by atoms with E-state index in [0.29, 0.717) is 35.8 Å². The second kappa shape index (κ2) is 9.99. The van der Waals surface area contributed by atoms with Gasteiger partial charge in [0.1, 0.15) is 0 Å². The van der Waals surface area contributed by atoms with E-state index in [1.54, 1.807) is 21.9 Å². The Morgan fingerprint density at radius 1 is 1.15 bits per heavy atom. The highest BCUT2D eigenvalue weighted by molar-refractivity contribution is 6.36. The van der Waals surface area contributed by atoms with E-state index < -0.39 is 12.3 Å². The van der Waals surface area contributed by atoms with Gasteiger partial charge in [-0.2, -0.15) is 0 Å². The van der Waals surface area contributed by atoms with E-state index >= 15 is 0 Å². The van der Waals surface area contributed by atoms with Crippen molar-refractivity contribution < 1.29 is 14.3 Å². The zero-order valence-electron chi connectivity index (χ0n) is 19.7. The van der Waals surface area contributed by atoms with Gasteiger partial charge >= 0.3 is 6.09 Å². The molecule has 1 aliphatic rings. The van der Waals surface area contributed by atoms with Gasteiger partial charge in [0.15, 0.2) is 0 Å². The van der Waals surface area contributed by atoms with E-state index in [9.17, 15) is 9.59 Å². The normalized spacial score (nSPS) is 16.1. The van der Waals surface area contributed by atoms with E-state index in [1.165, 1.54) is 0 Å². The number of aryl methyl sites for hydroxylation is 1. The SMILES string of the molecule is CCCOC(=O)N1CCN(C(=O)c2ccc3c(Cl)c(C)c(-c4ccc(C)cc4)nc3c2)[C@H](N)C1. The molecule has 178 valence electrons. The van der Waals surface area contributed by atoms with E-state index in [1.807, 2.05) is 51.1 Å². The molecular formula is C26H29ClN4O3. The van der Waals surface area contributed by atoms with E-state index in [-0.39, 0.29) is 12.5 Å². The molecule has 2 heterocycles. The zero-order chi connectivity index (χ0) is 24.4. The maximum Gasteiger partial charge on any atom is 0.409 e. The molecule has 3 aromatic rings. The number of halogens is 1. The lowest BCUT2D eigenvalue weighted by molar-refractivity contribution is 0.0392. The molecule has 1 saturated heterocycles. The van der Waals surface area contributed by atoms with E-state index in [2.05, 4.69) is 0 Å². The number of carbonyl (C=O) groups is 2. The van der Waals surface area contributed by atoms with Crippen LogP contribution < -0.4 is 5.73 Å². The molecule has 1 atom stereocenters. The summed E-state index contributed by atoms with van der Waals surface area (Å²) in [7, 11) is 0. The van der Waals surface area contributed by atoms with Crippen molar-refractivity contribution in [1.82, 2.24) is 14.8 Å². The monoisotopic (exact) mass is 480 g/mol. The Labute approximate surface area is 204 Å². The Balaban J connectivity index is 1.60. The van der Waals surface area contributed by atoms with E-state index in [4.69, 9.17) is 27.1 Å². The molecule has 1 fully saturated rings. The number of nitrogens with zero attached hydrogens (tertiary/aromatic N) is 3. The maximum atomic E-state index is 13.3. The van der Waals surface area contributed by atoms with Crippen LogP contribution >= 0.6 is 11.6 Å². The number of aromatic nitrogens is 1. The first-order chi connectivity index (χ1) is 16.3.